The largest absolute Gasteiger partial charge is 0.515 e. The van der Waals surface area contributed by atoms with Crippen molar-refractivity contribution in [3.63, 3.8) is 0 Å². The number of benzene rings is 1. The first-order chi connectivity index (χ1) is 6.81. The summed E-state index contributed by atoms with van der Waals surface area (Å²) in [6, 6.07) is 7.53. The summed E-state index contributed by atoms with van der Waals surface area (Å²) in [7, 11) is 0. The molecule has 0 aliphatic rings. The minimum absolute atomic E-state index is 0.270. The molecular weight excluding hydrogens is 198 g/mol. The van der Waals surface area contributed by atoms with Gasteiger partial charge in [-0.05, 0) is 12.1 Å². The van der Waals surface area contributed by atoms with Gasteiger partial charge in [0.05, 0.1) is 16.5 Å². The molecule has 0 bridgehead atoms. The number of thiazole rings is 1. The van der Waals surface area contributed by atoms with Gasteiger partial charge in [-0.1, -0.05) is 12.1 Å². The average molecular weight is 205 g/mol. The predicted octanol–water partition coefficient (Wildman–Crippen LogP) is 2.55. The molecule has 4 heteroatoms. The highest BCUT2D eigenvalue weighted by atomic mass is 32.1. The second-order valence-electron chi connectivity index (χ2n) is 2.67. The number of allylic oxidation sites excluding steroid dienone is 1. The van der Waals surface area contributed by atoms with E-state index >= 15 is 0 Å². The number of ketones is 1. The second kappa shape index (κ2) is 3.59. The number of hydrogen-bond donors (Lipinski definition) is 1. The molecule has 0 atom stereocenters. The van der Waals surface area contributed by atoms with Crippen LogP contribution in [0.2, 0.25) is 0 Å². The van der Waals surface area contributed by atoms with Crippen molar-refractivity contribution < 1.29 is 9.90 Å². The van der Waals surface area contributed by atoms with Crippen molar-refractivity contribution in [2.75, 3.05) is 0 Å². The van der Waals surface area contributed by atoms with Crippen molar-refractivity contribution in [3.05, 3.63) is 41.6 Å². The summed E-state index contributed by atoms with van der Waals surface area (Å²) in [6.07, 6.45) is 1.83. The van der Waals surface area contributed by atoms with Crippen LogP contribution in [0.1, 0.15) is 9.80 Å². The van der Waals surface area contributed by atoms with Crippen LogP contribution in [-0.4, -0.2) is 15.9 Å². The highest BCUT2D eigenvalue weighted by molar-refractivity contribution is 7.20. The number of hydrogen-bond acceptors (Lipinski definition) is 4. The third kappa shape index (κ3) is 1.52. The maximum absolute atomic E-state index is 11.3. The lowest BCUT2D eigenvalue weighted by molar-refractivity contribution is 0.104. The Morgan fingerprint density at radius 3 is 2.93 bits per heavy atom. The number of nitrogens with zero attached hydrogens (tertiary/aromatic N) is 1. The van der Waals surface area contributed by atoms with Gasteiger partial charge in [0.1, 0.15) is 0 Å². The highest BCUT2D eigenvalue weighted by Crippen LogP contribution is 2.21. The third-order valence-electron chi connectivity index (χ3n) is 1.73. The summed E-state index contributed by atoms with van der Waals surface area (Å²) in [5, 5.41) is 8.85. The number of aliphatic hydroxyl groups is 1. The van der Waals surface area contributed by atoms with Gasteiger partial charge < -0.3 is 5.11 Å². The molecule has 14 heavy (non-hydrogen) atoms. The number of carbonyl (C=O) groups is 1. The Hall–Kier alpha value is -1.68. The van der Waals surface area contributed by atoms with Gasteiger partial charge in [0, 0.05) is 6.08 Å². The van der Waals surface area contributed by atoms with E-state index in [0.29, 0.717) is 5.01 Å². The van der Waals surface area contributed by atoms with Gasteiger partial charge in [0.25, 0.3) is 0 Å². The van der Waals surface area contributed by atoms with Gasteiger partial charge in [-0.3, -0.25) is 4.79 Å². The zero-order valence-corrected chi connectivity index (χ0v) is 7.99. The molecule has 0 amide bonds. The monoisotopic (exact) mass is 205 g/mol. The molecule has 0 fully saturated rings. The van der Waals surface area contributed by atoms with Crippen molar-refractivity contribution in [2.45, 2.75) is 0 Å². The first-order valence-corrected chi connectivity index (χ1v) is 4.83. The third-order valence-corrected chi connectivity index (χ3v) is 2.78. The van der Waals surface area contributed by atoms with E-state index in [1.165, 1.54) is 11.3 Å². The van der Waals surface area contributed by atoms with Crippen LogP contribution in [0.3, 0.4) is 0 Å². The van der Waals surface area contributed by atoms with Crippen LogP contribution >= 0.6 is 11.3 Å². The Bertz CT molecular complexity index is 469. The molecule has 0 unspecified atom stereocenters. The Kier molecular flexibility index (Phi) is 2.28. The molecule has 1 heterocycles. The summed E-state index contributed by atoms with van der Waals surface area (Å²) in [4.78, 5) is 15.5. The van der Waals surface area contributed by atoms with Crippen molar-refractivity contribution in [3.8, 4) is 0 Å². The predicted molar refractivity (Wildman–Crippen MR) is 55.7 cm³/mol. The lowest BCUT2D eigenvalue weighted by Gasteiger charge is -1.82. The van der Waals surface area contributed by atoms with E-state index in [-0.39, 0.29) is 5.78 Å². The maximum atomic E-state index is 11.3. The van der Waals surface area contributed by atoms with Crippen LogP contribution in [0.5, 0.6) is 0 Å². The minimum Gasteiger partial charge on any atom is -0.515 e. The topological polar surface area (TPSA) is 50.2 Å². The zero-order chi connectivity index (χ0) is 9.97. The molecule has 2 rings (SSSR count). The fourth-order valence-electron chi connectivity index (χ4n) is 1.12. The standard InChI is InChI=1S/C10H7NO2S/c12-6-5-8(13)10-11-7-3-1-2-4-9(7)14-10/h1-6,12H/b6-5+. The van der Waals surface area contributed by atoms with Gasteiger partial charge in [-0.15, -0.1) is 11.3 Å². The summed E-state index contributed by atoms with van der Waals surface area (Å²) < 4.78 is 0.974. The van der Waals surface area contributed by atoms with Crippen molar-refractivity contribution >= 4 is 27.3 Å². The Balaban J connectivity index is 2.50. The zero-order valence-electron chi connectivity index (χ0n) is 7.18. The van der Waals surface area contributed by atoms with E-state index in [2.05, 4.69) is 4.98 Å². The van der Waals surface area contributed by atoms with Crippen molar-refractivity contribution in [1.29, 1.82) is 0 Å². The molecule has 2 aromatic rings. The van der Waals surface area contributed by atoms with Crippen LogP contribution in [0, 0.1) is 0 Å². The highest BCUT2D eigenvalue weighted by Gasteiger charge is 2.08. The summed E-state index contributed by atoms with van der Waals surface area (Å²) in [5.41, 5.74) is 0.812. The van der Waals surface area contributed by atoms with E-state index in [1.54, 1.807) is 0 Å². The number of aliphatic hydroxyl groups excluding tert-OH is 1. The molecule has 70 valence electrons. The Morgan fingerprint density at radius 1 is 1.43 bits per heavy atom. The first kappa shape index (κ1) is 8.90. The van der Waals surface area contributed by atoms with Crippen LogP contribution in [0.15, 0.2) is 36.6 Å². The van der Waals surface area contributed by atoms with Gasteiger partial charge >= 0.3 is 0 Å². The van der Waals surface area contributed by atoms with Crippen LogP contribution in [0.4, 0.5) is 0 Å². The molecule has 0 saturated carbocycles. The molecule has 1 aromatic heterocycles. The second-order valence-corrected chi connectivity index (χ2v) is 3.70. The van der Waals surface area contributed by atoms with Gasteiger partial charge in [-0.2, -0.15) is 0 Å². The quantitative estimate of drug-likeness (QED) is 0.465. The fraction of sp³-hybridized carbons (Fsp3) is 0. The minimum atomic E-state index is -0.270. The summed E-state index contributed by atoms with van der Waals surface area (Å²) in [5.74, 6) is -0.270. The SMILES string of the molecule is O=C(/C=C/O)c1nc2ccccc2s1. The van der Waals surface area contributed by atoms with E-state index < -0.39 is 0 Å². The number of aromatic nitrogens is 1. The van der Waals surface area contributed by atoms with Crippen molar-refractivity contribution in [1.82, 2.24) is 4.98 Å². The van der Waals surface area contributed by atoms with E-state index in [0.717, 1.165) is 22.6 Å². The molecule has 0 aliphatic heterocycles. The van der Waals surface area contributed by atoms with Crippen LogP contribution in [-0.2, 0) is 0 Å². The summed E-state index contributed by atoms with van der Waals surface area (Å²) >= 11 is 1.32. The van der Waals surface area contributed by atoms with Gasteiger partial charge in [0.2, 0.25) is 5.78 Å². The van der Waals surface area contributed by atoms with Gasteiger partial charge in [0.15, 0.2) is 5.01 Å². The van der Waals surface area contributed by atoms with Crippen LogP contribution in [0.25, 0.3) is 10.2 Å². The molecule has 1 N–H and O–H groups in total. The average Bonchev–Trinajstić information content (AvgIpc) is 2.61. The molecule has 0 saturated heterocycles. The molecule has 0 aliphatic carbocycles. The van der Waals surface area contributed by atoms with Crippen molar-refractivity contribution in [2.24, 2.45) is 0 Å². The fourth-order valence-corrected chi connectivity index (χ4v) is 2.00. The van der Waals surface area contributed by atoms with E-state index in [1.807, 2.05) is 24.3 Å². The van der Waals surface area contributed by atoms with E-state index in [4.69, 9.17) is 5.11 Å². The Labute approximate surface area is 84.3 Å². The number of fused-ring (bicyclic) bond motifs is 1. The first-order valence-electron chi connectivity index (χ1n) is 4.02. The summed E-state index contributed by atoms with van der Waals surface area (Å²) in [6.45, 7) is 0. The van der Waals surface area contributed by atoms with Crippen LogP contribution < -0.4 is 0 Å². The molecule has 1 aromatic carbocycles. The normalized spacial score (nSPS) is 11.1. The number of carbonyl (C=O) groups excluding carboxylic acids is 1. The molecule has 3 nitrogen and oxygen atoms in total. The lowest BCUT2D eigenvalue weighted by atomic mass is 10.3. The maximum Gasteiger partial charge on any atom is 0.217 e. The smallest absolute Gasteiger partial charge is 0.217 e. The number of rotatable bonds is 2. The molecular formula is C10H7NO2S. The van der Waals surface area contributed by atoms with E-state index in [9.17, 15) is 4.79 Å². The Morgan fingerprint density at radius 2 is 2.21 bits per heavy atom. The number of para-hydroxylation sites is 1. The molecule has 0 spiro atoms. The molecule has 0 radical (unpaired) electrons. The van der Waals surface area contributed by atoms with Gasteiger partial charge in [-0.25, -0.2) is 4.98 Å². The lowest BCUT2D eigenvalue weighted by Crippen LogP contribution is -1.91.